The molecule has 8 heteroatoms. The molecule has 0 aliphatic heterocycles. The molecular weight excluding hydrogens is 348 g/mol. The van der Waals surface area contributed by atoms with E-state index in [-0.39, 0.29) is 16.7 Å². The second kappa shape index (κ2) is 7.55. The van der Waals surface area contributed by atoms with Crippen molar-refractivity contribution in [2.45, 2.75) is 13.2 Å². The van der Waals surface area contributed by atoms with Gasteiger partial charge < -0.3 is 10.1 Å². The van der Waals surface area contributed by atoms with E-state index < -0.39 is 17.2 Å². The highest BCUT2D eigenvalue weighted by Crippen LogP contribution is 2.11. The molecule has 0 aliphatic rings. The molecule has 0 unspecified atom stereocenters. The molecule has 0 fully saturated rings. The first-order valence-electron chi connectivity index (χ1n) is 8.34. The van der Waals surface area contributed by atoms with Crippen LogP contribution < -0.4 is 16.6 Å². The predicted octanol–water partition coefficient (Wildman–Crippen LogP) is 0.709. The number of aromatic nitrogens is 3. The summed E-state index contributed by atoms with van der Waals surface area (Å²) < 4.78 is 7.43. The van der Waals surface area contributed by atoms with Gasteiger partial charge >= 0.3 is 5.69 Å². The number of carbonyl (C=O) groups is 1. The number of benzene rings is 1. The molecule has 140 valence electrons. The summed E-state index contributed by atoms with van der Waals surface area (Å²) in [4.78, 5) is 41.0. The van der Waals surface area contributed by atoms with Crippen LogP contribution in [0.2, 0.25) is 0 Å². The Bertz CT molecular complexity index is 1130. The molecule has 0 radical (unpaired) electrons. The van der Waals surface area contributed by atoms with Gasteiger partial charge in [0.05, 0.1) is 12.0 Å². The molecule has 0 bridgehead atoms. The number of rotatable bonds is 5. The number of pyridine rings is 1. The molecule has 2 aromatic heterocycles. The van der Waals surface area contributed by atoms with E-state index in [2.05, 4.69) is 10.3 Å². The molecule has 2 heterocycles. The zero-order valence-electron chi connectivity index (χ0n) is 15.4. The fourth-order valence-electron chi connectivity index (χ4n) is 2.87. The molecule has 8 nitrogen and oxygen atoms in total. The Balaban J connectivity index is 1.89. The molecule has 3 aromatic rings. The lowest BCUT2D eigenvalue weighted by Gasteiger charge is -2.11. The largest absolute Gasteiger partial charge is 0.380 e. The summed E-state index contributed by atoms with van der Waals surface area (Å²) in [6, 6.07) is 10.6. The van der Waals surface area contributed by atoms with Gasteiger partial charge in [-0.3, -0.25) is 18.7 Å². The van der Waals surface area contributed by atoms with E-state index >= 15 is 0 Å². The van der Waals surface area contributed by atoms with E-state index in [0.29, 0.717) is 13.2 Å². The van der Waals surface area contributed by atoms with Crippen molar-refractivity contribution >= 4 is 16.9 Å². The molecule has 0 aliphatic carbocycles. The molecule has 3 rings (SSSR count). The van der Waals surface area contributed by atoms with E-state index in [1.54, 1.807) is 7.11 Å². The summed E-state index contributed by atoms with van der Waals surface area (Å²) in [6.07, 6.45) is 0. The third-order valence-corrected chi connectivity index (χ3v) is 4.39. The van der Waals surface area contributed by atoms with Crippen molar-refractivity contribution < 1.29 is 9.53 Å². The number of nitrogens with one attached hydrogen (secondary N) is 1. The normalized spacial score (nSPS) is 10.9. The van der Waals surface area contributed by atoms with Crippen molar-refractivity contribution in [3.05, 3.63) is 74.1 Å². The van der Waals surface area contributed by atoms with Gasteiger partial charge in [0.2, 0.25) is 0 Å². The summed E-state index contributed by atoms with van der Waals surface area (Å²) in [6.45, 7) is 0.763. The minimum absolute atomic E-state index is 0.134. The summed E-state index contributed by atoms with van der Waals surface area (Å²) in [5.41, 5.74) is 1.30. The molecule has 1 aromatic carbocycles. The van der Waals surface area contributed by atoms with E-state index in [4.69, 9.17) is 4.74 Å². The number of nitrogens with zero attached hydrogens (tertiary/aromatic N) is 3. The lowest BCUT2D eigenvalue weighted by molar-refractivity contribution is 0.0945. The van der Waals surface area contributed by atoms with Crippen LogP contribution in [0.4, 0.5) is 0 Å². The Morgan fingerprint density at radius 1 is 1.07 bits per heavy atom. The van der Waals surface area contributed by atoms with Crippen molar-refractivity contribution in [3.8, 4) is 0 Å². The second-order valence-corrected chi connectivity index (χ2v) is 6.16. The third-order valence-electron chi connectivity index (χ3n) is 4.39. The SMILES string of the molecule is COCc1ccccc1CNC(=O)c1ccc2c(=O)n(C)c(=O)n(C)c2n1. The summed E-state index contributed by atoms with van der Waals surface area (Å²) in [5.74, 6) is -0.391. The van der Waals surface area contributed by atoms with Crippen LogP contribution in [0.1, 0.15) is 21.6 Å². The Morgan fingerprint density at radius 2 is 1.78 bits per heavy atom. The Hall–Kier alpha value is -3.26. The van der Waals surface area contributed by atoms with E-state index in [9.17, 15) is 14.4 Å². The zero-order valence-corrected chi connectivity index (χ0v) is 15.4. The van der Waals surface area contributed by atoms with E-state index in [0.717, 1.165) is 15.7 Å². The quantitative estimate of drug-likeness (QED) is 0.716. The zero-order chi connectivity index (χ0) is 19.6. The van der Waals surface area contributed by atoms with Crippen molar-refractivity contribution in [1.29, 1.82) is 0 Å². The van der Waals surface area contributed by atoms with Crippen LogP contribution in [-0.2, 0) is 32.0 Å². The molecule has 0 spiro atoms. The standard InChI is InChI=1S/C19H20N4O4/c1-22-16-14(18(25)23(2)19(22)26)8-9-15(21-16)17(24)20-10-12-6-4-5-7-13(12)11-27-3/h4-9H,10-11H2,1-3H3,(H,20,24). The third kappa shape index (κ3) is 3.52. The number of methoxy groups -OCH3 is 1. The maximum absolute atomic E-state index is 12.5. The monoisotopic (exact) mass is 368 g/mol. The van der Waals surface area contributed by atoms with Crippen LogP contribution in [0, 0.1) is 0 Å². The van der Waals surface area contributed by atoms with Crippen molar-refractivity contribution in [3.63, 3.8) is 0 Å². The number of carbonyl (C=O) groups excluding carboxylic acids is 1. The smallest absolute Gasteiger partial charge is 0.332 e. The average molecular weight is 368 g/mol. The van der Waals surface area contributed by atoms with Crippen molar-refractivity contribution in [2.24, 2.45) is 14.1 Å². The summed E-state index contributed by atoms with van der Waals surface area (Å²) in [7, 11) is 4.53. The van der Waals surface area contributed by atoms with Gasteiger partial charge in [-0.15, -0.1) is 0 Å². The van der Waals surface area contributed by atoms with Crippen LogP contribution in [-0.4, -0.2) is 27.1 Å². The Morgan fingerprint density at radius 3 is 2.48 bits per heavy atom. The number of amides is 1. The lowest BCUT2D eigenvalue weighted by atomic mass is 10.1. The van der Waals surface area contributed by atoms with E-state index in [1.165, 1.54) is 30.8 Å². The van der Waals surface area contributed by atoms with Gasteiger partial charge in [-0.1, -0.05) is 24.3 Å². The van der Waals surface area contributed by atoms with Gasteiger partial charge in [0, 0.05) is 27.7 Å². The highest BCUT2D eigenvalue weighted by Gasteiger charge is 2.14. The van der Waals surface area contributed by atoms with Crippen LogP contribution in [0.3, 0.4) is 0 Å². The van der Waals surface area contributed by atoms with E-state index in [1.807, 2.05) is 24.3 Å². The first-order chi connectivity index (χ1) is 12.9. The van der Waals surface area contributed by atoms with Gasteiger partial charge in [-0.05, 0) is 23.3 Å². The van der Waals surface area contributed by atoms with Gasteiger partial charge in [-0.2, -0.15) is 0 Å². The average Bonchev–Trinajstić information content (AvgIpc) is 2.69. The van der Waals surface area contributed by atoms with Crippen molar-refractivity contribution in [2.75, 3.05) is 7.11 Å². The highest BCUT2D eigenvalue weighted by molar-refractivity contribution is 5.94. The topological polar surface area (TPSA) is 95.2 Å². The van der Waals surface area contributed by atoms with Gasteiger partial charge in [0.15, 0.2) is 0 Å². The Labute approximate surface area is 155 Å². The number of ether oxygens (including phenoxy) is 1. The van der Waals surface area contributed by atoms with Gasteiger partial charge in [0.1, 0.15) is 11.3 Å². The molecule has 1 N–H and O–H groups in total. The summed E-state index contributed by atoms with van der Waals surface area (Å²) in [5, 5.41) is 3.09. The van der Waals surface area contributed by atoms with Crippen LogP contribution >= 0.6 is 0 Å². The summed E-state index contributed by atoms with van der Waals surface area (Å²) >= 11 is 0. The number of hydrogen-bond donors (Lipinski definition) is 1. The molecule has 1 amide bonds. The number of aryl methyl sites for hydroxylation is 1. The van der Waals surface area contributed by atoms with Gasteiger partial charge in [-0.25, -0.2) is 9.78 Å². The maximum atomic E-state index is 12.5. The van der Waals surface area contributed by atoms with Gasteiger partial charge in [0.25, 0.3) is 11.5 Å². The molecule has 0 saturated heterocycles. The van der Waals surface area contributed by atoms with Crippen molar-refractivity contribution in [1.82, 2.24) is 19.4 Å². The number of hydrogen-bond acceptors (Lipinski definition) is 5. The number of fused-ring (bicyclic) bond motifs is 1. The lowest BCUT2D eigenvalue weighted by Crippen LogP contribution is -2.37. The second-order valence-electron chi connectivity index (χ2n) is 6.16. The fourth-order valence-corrected chi connectivity index (χ4v) is 2.87. The van der Waals surface area contributed by atoms with Crippen LogP contribution in [0.15, 0.2) is 46.0 Å². The fraction of sp³-hybridized carbons (Fsp3) is 0.263. The minimum Gasteiger partial charge on any atom is -0.380 e. The van der Waals surface area contributed by atoms with Crippen LogP contribution in [0.25, 0.3) is 11.0 Å². The van der Waals surface area contributed by atoms with Crippen LogP contribution in [0.5, 0.6) is 0 Å². The Kier molecular flexibility index (Phi) is 5.18. The molecular formula is C19H20N4O4. The molecule has 0 atom stereocenters. The first kappa shape index (κ1) is 18.5. The predicted molar refractivity (Wildman–Crippen MR) is 101 cm³/mol. The maximum Gasteiger partial charge on any atom is 0.332 e. The first-order valence-corrected chi connectivity index (χ1v) is 8.34. The highest BCUT2D eigenvalue weighted by atomic mass is 16.5. The molecule has 27 heavy (non-hydrogen) atoms. The molecule has 0 saturated carbocycles. The minimum atomic E-state index is -0.494.